The molecule has 1 aromatic carbocycles. The molecule has 0 saturated heterocycles. The first-order valence-electron chi connectivity index (χ1n) is 6.55. The van der Waals surface area contributed by atoms with E-state index in [4.69, 9.17) is 0 Å². The Morgan fingerprint density at radius 2 is 2.00 bits per heavy atom. The van der Waals surface area contributed by atoms with Gasteiger partial charge in [0.25, 0.3) is 5.91 Å². The molecule has 0 aromatic heterocycles. The van der Waals surface area contributed by atoms with Gasteiger partial charge in [-0.1, -0.05) is 48.7 Å². The molecule has 0 unspecified atom stereocenters. The Bertz CT molecular complexity index is 390. The van der Waals surface area contributed by atoms with E-state index >= 15 is 0 Å². The van der Waals surface area contributed by atoms with Gasteiger partial charge in [0.05, 0.1) is 0 Å². The summed E-state index contributed by atoms with van der Waals surface area (Å²) in [7, 11) is 0. The number of hydrogen-bond donors (Lipinski definition) is 1. The van der Waals surface area contributed by atoms with E-state index in [1.54, 1.807) is 0 Å². The zero-order chi connectivity index (χ0) is 13.5. The van der Waals surface area contributed by atoms with E-state index in [2.05, 4.69) is 42.0 Å². The monoisotopic (exact) mass is 311 g/mol. The van der Waals surface area contributed by atoms with Crippen molar-refractivity contribution in [2.45, 2.75) is 46.1 Å². The second kappa shape index (κ2) is 7.57. The van der Waals surface area contributed by atoms with E-state index in [0.29, 0.717) is 5.56 Å². The first-order chi connectivity index (χ1) is 8.49. The Hall–Kier alpha value is -0.830. The summed E-state index contributed by atoms with van der Waals surface area (Å²) >= 11 is 3.37. The molecule has 1 N–H and O–H groups in total. The van der Waals surface area contributed by atoms with Crippen molar-refractivity contribution in [1.82, 2.24) is 5.32 Å². The Kier molecular flexibility index (Phi) is 6.41. The van der Waals surface area contributed by atoms with Crippen LogP contribution in [0.1, 0.15) is 50.4 Å². The van der Waals surface area contributed by atoms with E-state index in [0.717, 1.165) is 23.2 Å². The summed E-state index contributed by atoms with van der Waals surface area (Å²) < 4.78 is 0.933. The van der Waals surface area contributed by atoms with Crippen molar-refractivity contribution >= 4 is 21.8 Å². The number of amides is 1. The van der Waals surface area contributed by atoms with Gasteiger partial charge in [-0.15, -0.1) is 0 Å². The molecule has 0 aliphatic carbocycles. The third-order valence-corrected chi connectivity index (χ3v) is 3.38. The Morgan fingerprint density at radius 3 is 2.61 bits per heavy atom. The first kappa shape index (κ1) is 15.2. The van der Waals surface area contributed by atoms with Crippen molar-refractivity contribution in [3.8, 4) is 0 Å². The van der Waals surface area contributed by atoms with Crippen LogP contribution in [0.4, 0.5) is 0 Å². The van der Waals surface area contributed by atoms with Crippen molar-refractivity contribution in [1.29, 1.82) is 0 Å². The van der Waals surface area contributed by atoms with Crippen LogP contribution in [0, 0.1) is 5.92 Å². The van der Waals surface area contributed by atoms with Gasteiger partial charge in [-0.2, -0.15) is 0 Å². The molecule has 1 aromatic rings. The molecule has 100 valence electrons. The predicted molar refractivity (Wildman–Crippen MR) is 79.8 cm³/mol. The highest BCUT2D eigenvalue weighted by Gasteiger charge is 2.09. The summed E-state index contributed by atoms with van der Waals surface area (Å²) in [6.07, 6.45) is 3.42. The maximum atomic E-state index is 12.0. The minimum Gasteiger partial charge on any atom is -0.350 e. The van der Waals surface area contributed by atoms with E-state index in [1.165, 1.54) is 6.42 Å². The van der Waals surface area contributed by atoms with Crippen molar-refractivity contribution in [2.24, 2.45) is 5.92 Å². The summed E-state index contributed by atoms with van der Waals surface area (Å²) in [6.45, 7) is 6.52. The van der Waals surface area contributed by atoms with Gasteiger partial charge in [-0.25, -0.2) is 0 Å². The number of hydrogen-bond acceptors (Lipinski definition) is 1. The van der Waals surface area contributed by atoms with Gasteiger partial charge in [0.15, 0.2) is 0 Å². The Labute approximate surface area is 118 Å². The fourth-order valence-electron chi connectivity index (χ4n) is 1.84. The summed E-state index contributed by atoms with van der Waals surface area (Å²) in [5.74, 6) is 0.742. The van der Waals surface area contributed by atoms with Crippen molar-refractivity contribution < 1.29 is 4.79 Å². The number of halogens is 1. The third kappa shape index (κ3) is 5.67. The van der Waals surface area contributed by atoms with E-state index in [9.17, 15) is 4.79 Å². The van der Waals surface area contributed by atoms with Crippen LogP contribution in [0.25, 0.3) is 0 Å². The van der Waals surface area contributed by atoms with Crippen LogP contribution in [-0.2, 0) is 0 Å². The lowest BCUT2D eigenvalue weighted by Gasteiger charge is -2.14. The molecule has 18 heavy (non-hydrogen) atoms. The van der Waals surface area contributed by atoms with Gasteiger partial charge in [0.1, 0.15) is 0 Å². The van der Waals surface area contributed by atoms with Crippen molar-refractivity contribution in [3.63, 3.8) is 0 Å². The first-order valence-corrected chi connectivity index (χ1v) is 7.34. The van der Waals surface area contributed by atoms with E-state index in [-0.39, 0.29) is 11.9 Å². The molecular formula is C15H22BrNO. The van der Waals surface area contributed by atoms with Gasteiger partial charge >= 0.3 is 0 Å². The lowest BCUT2D eigenvalue weighted by molar-refractivity contribution is 0.0937. The zero-order valence-electron chi connectivity index (χ0n) is 11.4. The normalized spacial score (nSPS) is 12.5. The summed E-state index contributed by atoms with van der Waals surface area (Å²) in [6, 6.07) is 7.71. The molecule has 0 aliphatic heterocycles. The SMILES string of the molecule is CC(C)CCC[C@H](C)NC(=O)c1cccc(Br)c1. The highest BCUT2D eigenvalue weighted by atomic mass is 79.9. The molecule has 0 bridgehead atoms. The van der Waals surface area contributed by atoms with Crippen LogP contribution in [0.2, 0.25) is 0 Å². The lowest BCUT2D eigenvalue weighted by atomic mass is 10.0. The molecule has 0 aliphatic rings. The standard InChI is InChI=1S/C15H22BrNO/c1-11(2)6-4-7-12(3)17-15(18)13-8-5-9-14(16)10-13/h5,8-12H,4,6-7H2,1-3H3,(H,17,18)/t12-/m0/s1. The van der Waals surface area contributed by atoms with E-state index < -0.39 is 0 Å². The molecular weight excluding hydrogens is 290 g/mol. The minimum atomic E-state index is 0.00773. The highest BCUT2D eigenvalue weighted by molar-refractivity contribution is 9.10. The Morgan fingerprint density at radius 1 is 1.28 bits per heavy atom. The molecule has 1 amide bonds. The van der Waals surface area contributed by atoms with Crippen molar-refractivity contribution in [3.05, 3.63) is 34.3 Å². The molecule has 0 saturated carbocycles. The smallest absolute Gasteiger partial charge is 0.251 e. The molecule has 0 spiro atoms. The largest absolute Gasteiger partial charge is 0.350 e. The molecule has 1 rings (SSSR count). The maximum absolute atomic E-state index is 12.0. The summed E-state index contributed by atoms with van der Waals surface area (Å²) in [5, 5.41) is 3.04. The van der Waals surface area contributed by atoms with Gasteiger partial charge in [-0.3, -0.25) is 4.79 Å². The quantitative estimate of drug-likeness (QED) is 0.829. The maximum Gasteiger partial charge on any atom is 0.251 e. The van der Waals surface area contributed by atoms with Crippen LogP contribution in [0.3, 0.4) is 0 Å². The number of benzene rings is 1. The highest BCUT2D eigenvalue weighted by Crippen LogP contribution is 2.12. The third-order valence-electron chi connectivity index (χ3n) is 2.88. The molecule has 2 nitrogen and oxygen atoms in total. The van der Waals surface area contributed by atoms with Crippen LogP contribution in [-0.4, -0.2) is 11.9 Å². The number of carbonyl (C=O) groups is 1. The number of nitrogens with one attached hydrogen (secondary N) is 1. The predicted octanol–water partition coefficient (Wildman–Crippen LogP) is 4.39. The average Bonchev–Trinajstić information content (AvgIpc) is 2.28. The van der Waals surface area contributed by atoms with Gasteiger partial charge in [0.2, 0.25) is 0 Å². The fraction of sp³-hybridized carbons (Fsp3) is 0.533. The second-order valence-corrected chi connectivity index (χ2v) is 6.13. The van der Waals surface area contributed by atoms with Crippen LogP contribution < -0.4 is 5.32 Å². The van der Waals surface area contributed by atoms with Gasteiger partial charge in [0, 0.05) is 16.1 Å². The molecule has 0 radical (unpaired) electrons. The number of carbonyl (C=O) groups excluding carboxylic acids is 1. The average molecular weight is 312 g/mol. The number of rotatable bonds is 6. The second-order valence-electron chi connectivity index (χ2n) is 5.21. The Balaban J connectivity index is 2.40. The topological polar surface area (TPSA) is 29.1 Å². The molecule has 0 fully saturated rings. The van der Waals surface area contributed by atoms with Gasteiger partial charge < -0.3 is 5.32 Å². The fourth-order valence-corrected chi connectivity index (χ4v) is 2.24. The van der Waals surface area contributed by atoms with E-state index in [1.807, 2.05) is 24.3 Å². The van der Waals surface area contributed by atoms with Crippen molar-refractivity contribution in [2.75, 3.05) is 0 Å². The molecule has 1 atom stereocenters. The van der Waals surface area contributed by atoms with Gasteiger partial charge in [-0.05, 0) is 37.5 Å². The van der Waals surface area contributed by atoms with Crippen LogP contribution in [0.15, 0.2) is 28.7 Å². The molecule has 0 heterocycles. The molecule has 3 heteroatoms. The summed E-state index contributed by atoms with van der Waals surface area (Å²) in [4.78, 5) is 12.0. The van der Waals surface area contributed by atoms with Crippen LogP contribution >= 0.6 is 15.9 Å². The lowest BCUT2D eigenvalue weighted by Crippen LogP contribution is -2.32. The van der Waals surface area contributed by atoms with Crippen LogP contribution in [0.5, 0.6) is 0 Å². The summed E-state index contributed by atoms with van der Waals surface area (Å²) in [5.41, 5.74) is 0.708. The minimum absolute atomic E-state index is 0.00773. The zero-order valence-corrected chi connectivity index (χ0v) is 13.0.